The average molecular weight is 439 g/mol. The molecule has 0 saturated heterocycles. The number of methoxy groups -OCH3 is 1. The maximum absolute atomic E-state index is 12.8. The molecule has 0 aliphatic carbocycles. The SMILES string of the molecule is COC(=O)c1ccc(Cl)c(NC(=O)C2CN(S(C)(=O)=O)c3cc(C)ccc3O2)c1. The summed E-state index contributed by atoms with van der Waals surface area (Å²) in [5, 5.41) is 2.79. The highest BCUT2D eigenvalue weighted by molar-refractivity contribution is 7.92. The summed E-state index contributed by atoms with van der Waals surface area (Å²) in [6.07, 6.45) is -0.0476. The third-order valence-corrected chi connectivity index (χ3v) is 5.80. The molecule has 1 atom stereocenters. The normalized spacial score (nSPS) is 15.9. The van der Waals surface area contributed by atoms with Gasteiger partial charge < -0.3 is 14.8 Å². The molecule has 3 rings (SSSR count). The number of nitrogens with one attached hydrogen (secondary N) is 1. The number of carbonyl (C=O) groups excluding carboxylic acids is 2. The Morgan fingerprint density at radius 2 is 1.97 bits per heavy atom. The van der Waals surface area contributed by atoms with Crippen molar-refractivity contribution in [3.63, 3.8) is 0 Å². The highest BCUT2D eigenvalue weighted by atomic mass is 35.5. The van der Waals surface area contributed by atoms with Crippen molar-refractivity contribution in [3.05, 3.63) is 52.5 Å². The van der Waals surface area contributed by atoms with E-state index in [0.29, 0.717) is 5.69 Å². The first kappa shape index (κ1) is 20.9. The molecule has 2 aromatic carbocycles. The van der Waals surface area contributed by atoms with E-state index in [4.69, 9.17) is 16.3 Å². The van der Waals surface area contributed by atoms with Crippen LogP contribution < -0.4 is 14.4 Å². The van der Waals surface area contributed by atoms with E-state index < -0.39 is 28.0 Å². The largest absolute Gasteiger partial charge is 0.476 e. The van der Waals surface area contributed by atoms with Gasteiger partial charge in [0, 0.05) is 0 Å². The highest BCUT2D eigenvalue weighted by Gasteiger charge is 2.35. The molecule has 0 saturated carbocycles. The van der Waals surface area contributed by atoms with Gasteiger partial charge in [-0.25, -0.2) is 13.2 Å². The number of amides is 1. The minimum Gasteiger partial charge on any atom is -0.476 e. The monoisotopic (exact) mass is 438 g/mol. The van der Waals surface area contributed by atoms with Crippen molar-refractivity contribution >= 4 is 44.9 Å². The number of anilines is 2. The number of rotatable bonds is 4. The lowest BCUT2D eigenvalue weighted by atomic mass is 10.1. The first-order valence-electron chi connectivity index (χ1n) is 8.54. The Balaban J connectivity index is 1.89. The Kier molecular flexibility index (Phi) is 5.72. The lowest BCUT2D eigenvalue weighted by Crippen LogP contribution is -2.48. The second-order valence-corrected chi connectivity index (χ2v) is 8.86. The van der Waals surface area contributed by atoms with Gasteiger partial charge in [-0.3, -0.25) is 9.10 Å². The average Bonchev–Trinajstić information content (AvgIpc) is 2.67. The maximum Gasteiger partial charge on any atom is 0.337 e. The van der Waals surface area contributed by atoms with Gasteiger partial charge in [0.15, 0.2) is 6.10 Å². The molecule has 154 valence electrons. The van der Waals surface area contributed by atoms with Crippen LogP contribution in [0.25, 0.3) is 0 Å². The molecule has 1 unspecified atom stereocenters. The van der Waals surface area contributed by atoms with Crippen LogP contribution in [0.4, 0.5) is 11.4 Å². The van der Waals surface area contributed by atoms with E-state index in [1.54, 1.807) is 18.2 Å². The van der Waals surface area contributed by atoms with Gasteiger partial charge in [0.05, 0.1) is 41.9 Å². The predicted octanol–water partition coefficient (Wildman–Crippen LogP) is 2.60. The van der Waals surface area contributed by atoms with Crippen LogP contribution in [0.3, 0.4) is 0 Å². The minimum absolute atomic E-state index is 0.184. The van der Waals surface area contributed by atoms with Crippen LogP contribution in [0.1, 0.15) is 15.9 Å². The van der Waals surface area contributed by atoms with Crippen LogP contribution in [0.15, 0.2) is 36.4 Å². The number of carbonyl (C=O) groups is 2. The van der Waals surface area contributed by atoms with Gasteiger partial charge in [-0.1, -0.05) is 17.7 Å². The summed E-state index contributed by atoms with van der Waals surface area (Å²) < 4.78 is 36.0. The summed E-state index contributed by atoms with van der Waals surface area (Å²) in [5.74, 6) is -0.908. The third kappa shape index (κ3) is 4.46. The molecule has 0 bridgehead atoms. The van der Waals surface area contributed by atoms with Gasteiger partial charge in [0.2, 0.25) is 10.0 Å². The predicted molar refractivity (Wildman–Crippen MR) is 109 cm³/mol. The van der Waals surface area contributed by atoms with Gasteiger partial charge in [-0.2, -0.15) is 0 Å². The van der Waals surface area contributed by atoms with Gasteiger partial charge in [-0.05, 0) is 42.8 Å². The zero-order chi connectivity index (χ0) is 21.3. The van der Waals surface area contributed by atoms with Gasteiger partial charge in [0.1, 0.15) is 5.75 Å². The van der Waals surface area contributed by atoms with Crippen molar-refractivity contribution in [1.82, 2.24) is 0 Å². The third-order valence-electron chi connectivity index (χ3n) is 4.32. The standard InChI is InChI=1S/C19H19ClN2O6S/c1-11-4-7-16-15(8-11)22(29(3,25)26)10-17(28-16)18(23)21-14-9-12(19(24)27-2)5-6-13(14)20/h4-9,17H,10H2,1-3H3,(H,21,23). The van der Waals surface area contributed by atoms with Crippen LogP contribution in [-0.2, 0) is 19.6 Å². The number of nitrogens with zero attached hydrogens (tertiary/aromatic N) is 1. The molecule has 2 aromatic rings. The first-order chi connectivity index (χ1) is 13.6. The van der Waals surface area contributed by atoms with E-state index >= 15 is 0 Å². The number of hydrogen-bond acceptors (Lipinski definition) is 6. The van der Waals surface area contributed by atoms with Crippen LogP contribution in [0, 0.1) is 6.92 Å². The molecular formula is C19H19ClN2O6S. The molecule has 8 nitrogen and oxygen atoms in total. The number of hydrogen-bond donors (Lipinski definition) is 1. The molecular weight excluding hydrogens is 420 g/mol. The molecule has 29 heavy (non-hydrogen) atoms. The van der Waals surface area contributed by atoms with Crippen LogP contribution >= 0.6 is 11.6 Å². The molecule has 0 aromatic heterocycles. The van der Waals surface area contributed by atoms with E-state index in [9.17, 15) is 18.0 Å². The summed E-state index contributed by atoms with van der Waals surface area (Å²) in [5.41, 5.74) is 1.62. The van der Waals surface area contributed by atoms with Crippen molar-refractivity contribution in [2.45, 2.75) is 13.0 Å². The number of halogens is 1. The number of aryl methyl sites for hydroxylation is 1. The number of benzene rings is 2. The van der Waals surface area contributed by atoms with Crippen molar-refractivity contribution in [3.8, 4) is 5.75 Å². The Bertz CT molecular complexity index is 1090. The zero-order valence-corrected chi connectivity index (χ0v) is 17.5. The van der Waals surface area contributed by atoms with E-state index in [-0.39, 0.29) is 28.6 Å². The summed E-state index contributed by atoms with van der Waals surface area (Å²) in [4.78, 5) is 24.5. The van der Waals surface area contributed by atoms with Gasteiger partial charge in [-0.15, -0.1) is 0 Å². The first-order valence-corrected chi connectivity index (χ1v) is 10.8. The Labute approximate surface area is 173 Å². The van der Waals surface area contributed by atoms with E-state index in [2.05, 4.69) is 10.1 Å². The van der Waals surface area contributed by atoms with E-state index in [1.165, 1.54) is 25.3 Å². The molecule has 10 heteroatoms. The number of ether oxygens (including phenoxy) is 2. The molecule has 1 amide bonds. The summed E-state index contributed by atoms with van der Waals surface area (Å²) in [6, 6.07) is 9.35. The molecule has 1 aliphatic rings. The van der Waals surface area contributed by atoms with Gasteiger partial charge >= 0.3 is 5.97 Å². The smallest absolute Gasteiger partial charge is 0.337 e. The van der Waals surface area contributed by atoms with Crippen molar-refractivity contribution in [2.24, 2.45) is 0 Å². The van der Waals surface area contributed by atoms with Crippen LogP contribution in [0.2, 0.25) is 5.02 Å². The second-order valence-electron chi connectivity index (χ2n) is 6.55. The molecule has 1 N–H and O–H groups in total. The number of sulfonamides is 1. The Morgan fingerprint density at radius 1 is 1.24 bits per heavy atom. The van der Waals surface area contributed by atoms with Gasteiger partial charge in [0.25, 0.3) is 5.91 Å². The second kappa shape index (κ2) is 7.92. The summed E-state index contributed by atoms with van der Waals surface area (Å²) in [6.45, 7) is 1.63. The molecule has 0 radical (unpaired) electrons. The molecule has 0 fully saturated rings. The number of fused-ring (bicyclic) bond motifs is 1. The number of esters is 1. The summed E-state index contributed by atoms with van der Waals surface area (Å²) in [7, 11) is -2.40. The van der Waals surface area contributed by atoms with Crippen molar-refractivity contribution in [1.29, 1.82) is 0 Å². The molecule has 0 spiro atoms. The Morgan fingerprint density at radius 3 is 2.62 bits per heavy atom. The zero-order valence-electron chi connectivity index (χ0n) is 15.9. The fraction of sp³-hybridized carbons (Fsp3) is 0.263. The maximum atomic E-state index is 12.8. The van der Waals surface area contributed by atoms with Crippen molar-refractivity contribution < 1.29 is 27.5 Å². The Hall–Kier alpha value is -2.78. The summed E-state index contributed by atoms with van der Waals surface area (Å²) >= 11 is 6.11. The highest BCUT2D eigenvalue weighted by Crippen LogP contribution is 2.36. The fourth-order valence-corrected chi connectivity index (χ4v) is 3.96. The lowest BCUT2D eigenvalue weighted by Gasteiger charge is -2.34. The lowest BCUT2D eigenvalue weighted by molar-refractivity contribution is -0.122. The quantitative estimate of drug-likeness (QED) is 0.736. The van der Waals surface area contributed by atoms with Crippen LogP contribution in [-0.4, -0.2) is 46.3 Å². The van der Waals surface area contributed by atoms with Crippen LogP contribution in [0.5, 0.6) is 5.75 Å². The molecule has 1 aliphatic heterocycles. The van der Waals surface area contributed by atoms with Crippen molar-refractivity contribution in [2.75, 3.05) is 29.5 Å². The topological polar surface area (TPSA) is 102 Å². The molecule has 1 heterocycles. The fourth-order valence-electron chi connectivity index (χ4n) is 2.89. The van der Waals surface area contributed by atoms with E-state index in [0.717, 1.165) is 16.1 Å². The van der Waals surface area contributed by atoms with E-state index in [1.807, 2.05) is 6.92 Å². The minimum atomic E-state index is -3.64.